The summed E-state index contributed by atoms with van der Waals surface area (Å²) in [5, 5.41) is 17.4. The fraction of sp³-hybridized carbons (Fsp3) is 0.765. The highest BCUT2D eigenvalue weighted by molar-refractivity contribution is 6.30. The van der Waals surface area contributed by atoms with Crippen molar-refractivity contribution >= 4 is 35.0 Å². The Bertz CT molecular complexity index is 1860. The van der Waals surface area contributed by atoms with Crippen molar-refractivity contribution in [1.82, 2.24) is 10.6 Å². The molecule has 3 N–H and O–H groups in total. The zero-order valence-corrected chi connectivity index (χ0v) is 37.9. The molecule has 0 saturated heterocycles. The van der Waals surface area contributed by atoms with Gasteiger partial charge in [0.15, 0.2) is 5.78 Å². The number of nitrogens with one attached hydrogen (secondary N) is 2. The number of halogens is 1. The van der Waals surface area contributed by atoms with E-state index in [2.05, 4.69) is 52.2 Å². The number of carboxylic acids is 1. The molecule has 7 nitrogen and oxygen atoms in total. The Balaban J connectivity index is 0.960. The van der Waals surface area contributed by atoms with Crippen LogP contribution in [0.4, 0.5) is 0 Å². The van der Waals surface area contributed by atoms with Gasteiger partial charge in [0.2, 0.25) is 0 Å². The van der Waals surface area contributed by atoms with E-state index >= 15 is 0 Å². The molecule has 0 aliphatic heterocycles. The van der Waals surface area contributed by atoms with E-state index in [9.17, 15) is 24.3 Å². The van der Waals surface area contributed by atoms with Gasteiger partial charge in [-0.2, -0.15) is 0 Å². The minimum absolute atomic E-state index is 0.0370. The first-order valence-electron chi connectivity index (χ1n) is 23.7. The third-order valence-electron chi connectivity index (χ3n) is 19.2. The van der Waals surface area contributed by atoms with Gasteiger partial charge in [-0.15, -0.1) is 0 Å². The maximum Gasteiger partial charge on any atom is 0.306 e. The number of hydrogen-bond donors (Lipinski definition) is 3. The molecule has 1 aromatic carbocycles. The number of benzene rings is 1. The molecule has 0 bridgehead atoms. The van der Waals surface area contributed by atoms with E-state index in [-0.39, 0.29) is 56.8 Å². The summed E-state index contributed by atoms with van der Waals surface area (Å²) in [4.78, 5) is 52.8. The lowest BCUT2D eigenvalue weighted by atomic mass is 9.35. The molecule has 59 heavy (non-hydrogen) atoms. The number of carbonyl (C=O) groups is 4. The molecule has 6 fully saturated rings. The highest BCUT2D eigenvalue weighted by Crippen LogP contribution is 2.74. The van der Waals surface area contributed by atoms with Crippen LogP contribution in [0.5, 0.6) is 0 Å². The van der Waals surface area contributed by atoms with Gasteiger partial charge in [0.1, 0.15) is 5.78 Å². The van der Waals surface area contributed by atoms with Gasteiger partial charge in [0, 0.05) is 41.3 Å². The monoisotopic (exact) mass is 829 g/mol. The van der Waals surface area contributed by atoms with Crippen molar-refractivity contribution in [3.05, 3.63) is 46.0 Å². The fourth-order valence-corrected chi connectivity index (χ4v) is 16.2. The molecule has 0 radical (unpaired) electrons. The van der Waals surface area contributed by atoms with Crippen molar-refractivity contribution in [3.8, 4) is 0 Å². The lowest BCUT2D eigenvalue weighted by Gasteiger charge is -2.69. The maximum absolute atomic E-state index is 14.2. The second-order valence-electron chi connectivity index (χ2n) is 22.6. The van der Waals surface area contributed by atoms with E-state index < -0.39 is 5.97 Å². The summed E-state index contributed by atoms with van der Waals surface area (Å²) in [6, 6.07) is 7.15. The van der Waals surface area contributed by atoms with Gasteiger partial charge >= 0.3 is 5.97 Å². The lowest BCUT2D eigenvalue weighted by Crippen LogP contribution is -2.62. The molecule has 324 valence electrons. The molecule has 7 aliphatic rings. The van der Waals surface area contributed by atoms with E-state index in [1.54, 1.807) is 29.8 Å². The zero-order chi connectivity index (χ0) is 42.3. The van der Waals surface area contributed by atoms with Gasteiger partial charge in [0.05, 0.1) is 11.5 Å². The Kier molecular flexibility index (Phi) is 11.5. The average molecular weight is 830 g/mol. The molecule has 11 atom stereocenters. The van der Waals surface area contributed by atoms with Gasteiger partial charge in [-0.05, 0) is 171 Å². The van der Waals surface area contributed by atoms with Crippen LogP contribution in [0.1, 0.15) is 162 Å². The first-order valence-corrected chi connectivity index (χ1v) is 24.1. The summed E-state index contributed by atoms with van der Waals surface area (Å²) >= 11 is 6.11. The molecule has 0 aromatic heterocycles. The molecule has 6 saturated carbocycles. The van der Waals surface area contributed by atoms with Crippen LogP contribution in [0.25, 0.3) is 0 Å². The summed E-state index contributed by atoms with van der Waals surface area (Å²) in [6.45, 7) is 18.2. The Hall–Kier alpha value is -2.51. The van der Waals surface area contributed by atoms with Crippen molar-refractivity contribution in [1.29, 1.82) is 0 Å². The number of hydrogen-bond acceptors (Lipinski definition) is 5. The number of amides is 1. The second kappa shape index (κ2) is 15.7. The van der Waals surface area contributed by atoms with Crippen LogP contribution in [0.2, 0.25) is 5.02 Å². The average Bonchev–Trinajstić information content (AvgIpc) is 3.75. The van der Waals surface area contributed by atoms with Crippen LogP contribution >= 0.6 is 11.6 Å². The van der Waals surface area contributed by atoms with Crippen molar-refractivity contribution in [2.45, 2.75) is 157 Å². The quantitative estimate of drug-likeness (QED) is 0.181. The molecule has 0 spiro atoms. The standard InChI is InChI=1S/C51H73ClN2O5/c1-30(2)43-40(56)28-50(24-25-53-29-51(19-8-9-20-51)54-45(57)32-10-12-34(52)13-11-32)23-17-38-35(44(43)50)14-15-42-48(38,6)22-18-41-47(4,5)33(16-21-49(41,42)7)26-39(55)36-27-37(31(36)3)46(58)59/h10-13,30-31,33,35-38,41-42,53H,8-9,14-29H2,1-7H3,(H,54,57)(H,58,59). The Labute approximate surface area is 359 Å². The predicted molar refractivity (Wildman–Crippen MR) is 234 cm³/mol. The van der Waals surface area contributed by atoms with Crippen molar-refractivity contribution in [3.63, 3.8) is 0 Å². The van der Waals surface area contributed by atoms with Crippen LogP contribution < -0.4 is 10.6 Å². The molecular formula is C51H73ClN2O5. The SMILES string of the molecule is CC(C)C1=C2C3CCC4C(C)(CCC5C(C)(C)C(CC(=O)C6CC(C(=O)O)C6C)CCC54C)C3CCC2(CCNCC2(NC(=O)c3ccc(Cl)cc3)CCCC2)CC1=O. The topological polar surface area (TPSA) is 113 Å². The summed E-state index contributed by atoms with van der Waals surface area (Å²) in [5.41, 5.74) is 3.52. The molecular weight excluding hydrogens is 756 g/mol. The van der Waals surface area contributed by atoms with Gasteiger partial charge in [0.25, 0.3) is 5.91 Å². The zero-order valence-electron chi connectivity index (χ0n) is 37.2. The number of rotatable bonds is 12. The molecule has 1 aromatic rings. The van der Waals surface area contributed by atoms with Crippen molar-refractivity contribution in [2.75, 3.05) is 13.1 Å². The summed E-state index contributed by atoms with van der Waals surface area (Å²) in [7, 11) is 0. The summed E-state index contributed by atoms with van der Waals surface area (Å²) in [5.74, 6) is 2.21. The van der Waals surface area contributed by atoms with Gasteiger partial charge in [-0.1, -0.05) is 78.5 Å². The lowest BCUT2D eigenvalue weighted by molar-refractivity contribution is -0.193. The van der Waals surface area contributed by atoms with E-state index in [1.807, 2.05) is 6.92 Å². The smallest absolute Gasteiger partial charge is 0.306 e. The second-order valence-corrected chi connectivity index (χ2v) is 23.0. The highest BCUT2D eigenvalue weighted by atomic mass is 35.5. The largest absolute Gasteiger partial charge is 0.481 e. The molecule has 11 unspecified atom stereocenters. The van der Waals surface area contributed by atoms with Crippen LogP contribution in [-0.4, -0.2) is 47.2 Å². The minimum atomic E-state index is -0.755. The highest BCUT2D eigenvalue weighted by Gasteiger charge is 2.66. The van der Waals surface area contributed by atoms with E-state index in [1.165, 1.54) is 38.5 Å². The maximum atomic E-state index is 14.2. The third-order valence-corrected chi connectivity index (χ3v) is 19.5. The van der Waals surface area contributed by atoms with Crippen LogP contribution in [0, 0.1) is 74.9 Å². The normalized spacial score (nSPS) is 39.4. The van der Waals surface area contributed by atoms with E-state index in [4.69, 9.17) is 11.6 Å². The molecule has 8 heteroatoms. The third kappa shape index (κ3) is 7.20. The van der Waals surface area contributed by atoms with Gasteiger partial charge < -0.3 is 15.7 Å². The van der Waals surface area contributed by atoms with Gasteiger partial charge in [-0.3, -0.25) is 19.2 Å². The van der Waals surface area contributed by atoms with Crippen molar-refractivity contribution < 1.29 is 24.3 Å². The number of carbonyl (C=O) groups excluding carboxylic acids is 3. The first-order chi connectivity index (χ1) is 27.9. The van der Waals surface area contributed by atoms with Crippen LogP contribution in [-0.2, 0) is 14.4 Å². The molecule has 1 amide bonds. The van der Waals surface area contributed by atoms with Crippen LogP contribution in [0.15, 0.2) is 35.4 Å². The predicted octanol–water partition coefficient (Wildman–Crippen LogP) is 10.9. The molecule has 7 aliphatic carbocycles. The number of ketones is 2. The number of aliphatic carboxylic acids is 1. The fourth-order valence-electron chi connectivity index (χ4n) is 16.1. The molecule has 8 rings (SSSR count). The van der Waals surface area contributed by atoms with Crippen LogP contribution in [0.3, 0.4) is 0 Å². The Morgan fingerprint density at radius 2 is 1.56 bits per heavy atom. The number of allylic oxidation sites excluding steroid dienone is 2. The summed E-state index contributed by atoms with van der Waals surface area (Å²) in [6.07, 6.45) is 16.3. The first kappa shape index (κ1) is 43.2. The van der Waals surface area contributed by atoms with E-state index in [0.717, 1.165) is 63.6 Å². The number of Topliss-reactive ketones (excluding diaryl/α,β-unsaturated/α-hetero) is 2. The van der Waals surface area contributed by atoms with Gasteiger partial charge in [-0.25, -0.2) is 0 Å². The molecule has 0 heterocycles. The summed E-state index contributed by atoms with van der Waals surface area (Å²) < 4.78 is 0. The number of carboxylic acid groups (broad SMARTS) is 1. The number of fused-ring (bicyclic) bond motifs is 7. The minimum Gasteiger partial charge on any atom is -0.481 e. The van der Waals surface area contributed by atoms with E-state index in [0.29, 0.717) is 71.0 Å². The Morgan fingerprint density at radius 3 is 2.22 bits per heavy atom. The Morgan fingerprint density at radius 1 is 0.864 bits per heavy atom. The van der Waals surface area contributed by atoms with Crippen molar-refractivity contribution in [2.24, 2.45) is 74.9 Å².